The molecule has 3 nitrogen and oxygen atoms in total. The molecule has 17 heavy (non-hydrogen) atoms. The molecule has 0 unspecified atom stereocenters. The molecule has 3 rings (SSSR count). The van der Waals surface area contributed by atoms with Gasteiger partial charge in [0.1, 0.15) is 12.1 Å². The number of hydrogen-bond donors (Lipinski definition) is 1. The highest BCUT2D eigenvalue weighted by atomic mass is 32.2. The summed E-state index contributed by atoms with van der Waals surface area (Å²) in [5, 5.41) is 3.64. The number of nitrogens with zero attached hydrogens (tertiary/aromatic N) is 2. The van der Waals surface area contributed by atoms with Crippen molar-refractivity contribution >= 4 is 17.6 Å². The molecule has 1 aromatic heterocycles. The van der Waals surface area contributed by atoms with Crippen LogP contribution in [0.3, 0.4) is 0 Å². The summed E-state index contributed by atoms with van der Waals surface area (Å²) >= 11 is 2.07. The number of aromatic nitrogens is 2. The van der Waals surface area contributed by atoms with Crippen LogP contribution in [0.25, 0.3) is 0 Å². The fraction of sp³-hybridized carbons (Fsp3) is 0.692. The maximum Gasteiger partial charge on any atom is 0.133 e. The van der Waals surface area contributed by atoms with Crippen LogP contribution in [0.5, 0.6) is 0 Å². The van der Waals surface area contributed by atoms with Crippen LogP contribution in [0.15, 0.2) is 6.33 Å². The number of rotatable bonds is 2. The highest BCUT2D eigenvalue weighted by molar-refractivity contribution is 7.99. The van der Waals surface area contributed by atoms with Crippen LogP contribution < -0.4 is 5.32 Å². The molecule has 0 radical (unpaired) electrons. The lowest BCUT2D eigenvalue weighted by molar-refractivity contribution is 0.642. The standard InChI is InChI=1S/C13H19N3S/c1-2-4-12-11(3-1)13(15-9-14-12)16-10-5-7-17-8-6-10/h9-10H,1-8H2,(H,14,15,16). The Morgan fingerprint density at radius 3 is 2.82 bits per heavy atom. The van der Waals surface area contributed by atoms with E-state index in [1.165, 1.54) is 48.4 Å². The first-order chi connectivity index (χ1) is 8.43. The van der Waals surface area contributed by atoms with E-state index in [1.807, 2.05) is 0 Å². The second kappa shape index (κ2) is 5.25. The van der Waals surface area contributed by atoms with E-state index < -0.39 is 0 Å². The summed E-state index contributed by atoms with van der Waals surface area (Å²) in [6.07, 6.45) is 9.11. The number of anilines is 1. The first-order valence-electron chi connectivity index (χ1n) is 6.60. The van der Waals surface area contributed by atoms with Gasteiger partial charge in [0.15, 0.2) is 0 Å². The molecular weight excluding hydrogens is 230 g/mol. The minimum absolute atomic E-state index is 0.622. The van der Waals surface area contributed by atoms with Gasteiger partial charge in [-0.05, 0) is 50.0 Å². The topological polar surface area (TPSA) is 37.8 Å². The lowest BCUT2D eigenvalue weighted by Gasteiger charge is -2.25. The van der Waals surface area contributed by atoms with Crippen molar-refractivity contribution < 1.29 is 0 Å². The zero-order chi connectivity index (χ0) is 11.5. The van der Waals surface area contributed by atoms with Gasteiger partial charge in [0.2, 0.25) is 0 Å². The number of fused-ring (bicyclic) bond motifs is 1. The van der Waals surface area contributed by atoms with Gasteiger partial charge < -0.3 is 5.32 Å². The first-order valence-corrected chi connectivity index (χ1v) is 7.76. The number of thioether (sulfide) groups is 1. The van der Waals surface area contributed by atoms with Crippen molar-refractivity contribution in [3.63, 3.8) is 0 Å². The summed E-state index contributed by atoms with van der Waals surface area (Å²) < 4.78 is 0. The molecule has 1 aliphatic carbocycles. The first kappa shape index (κ1) is 11.3. The van der Waals surface area contributed by atoms with E-state index in [9.17, 15) is 0 Å². The lowest BCUT2D eigenvalue weighted by Crippen LogP contribution is -2.26. The van der Waals surface area contributed by atoms with Crippen molar-refractivity contribution in [2.75, 3.05) is 16.8 Å². The monoisotopic (exact) mass is 249 g/mol. The van der Waals surface area contributed by atoms with Crippen molar-refractivity contribution in [1.29, 1.82) is 0 Å². The molecule has 92 valence electrons. The zero-order valence-corrected chi connectivity index (χ0v) is 10.9. The second-order valence-electron chi connectivity index (χ2n) is 4.89. The number of aryl methyl sites for hydroxylation is 1. The summed E-state index contributed by atoms with van der Waals surface area (Å²) in [5.41, 5.74) is 2.66. The van der Waals surface area contributed by atoms with Crippen molar-refractivity contribution in [2.24, 2.45) is 0 Å². The van der Waals surface area contributed by atoms with Gasteiger partial charge in [-0.25, -0.2) is 9.97 Å². The maximum atomic E-state index is 4.46. The molecule has 0 aromatic carbocycles. The molecule has 1 aliphatic heterocycles. The molecule has 0 amide bonds. The van der Waals surface area contributed by atoms with Crippen molar-refractivity contribution in [3.8, 4) is 0 Å². The molecular formula is C13H19N3S. The summed E-state index contributed by atoms with van der Waals surface area (Å²) in [6.45, 7) is 0. The molecule has 0 bridgehead atoms. The number of nitrogens with one attached hydrogen (secondary N) is 1. The largest absolute Gasteiger partial charge is 0.367 e. The quantitative estimate of drug-likeness (QED) is 0.874. The van der Waals surface area contributed by atoms with Crippen molar-refractivity contribution in [2.45, 2.75) is 44.6 Å². The van der Waals surface area contributed by atoms with Crippen LogP contribution in [0.4, 0.5) is 5.82 Å². The molecule has 2 aliphatic rings. The third-order valence-corrected chi connectivity index (χ3v) is 4.74. The predicted molar refractivity (Wildman–Crippen MR) is 72.6 cm³/mol. The van der Waals surface area contributed by atoms with Gasteiger partial charge >= 0.3 is 0 Å². The van der Waals surface area contributed by atoms with Gasteiger partial charge in [0.05, 0.1) is 0 Å². The highest BCUT2D eigenvalue weighted by Crippen LogP contribution is 2.27. The lowest BCUT2D eigenvalue weighted by atomic mass is 9.96. The molecule has 0 atom stereocenters. The van der Waals surface area contributed by atoms with E-state index in [2.05, 4.69) is 27.0 Å². The van der Waals surface area contributed by atoms with Gasteiger partial charge in [0.25, 0.3) is 0 Å². The molecule has 1 saturated heterocycles. The van der Waals surface area contributed by atoms with E-state index in [1.54, 1.807) is 6.33 Å². The normalized spacial score (nSPS) is 20.9. The maximum absolute atomic E-state index is 4.46. The van der Waals surface area contributed by atoms with Gasteiger partial charge in [-0.1, -0.05) is 0 Å². The Balaban J connectivity index is 1.77. The minimum atomic E-state index is 0.622. The third-order valence-electron chi connectivity index (χ3n) is 3.69. The zero-order valence-electron chi connectivity index (χ0n) is 10.1. The van der Waals surface area contributed by atoms with Gasteiger partial charge in [0, 0.05) is 17.3 Å². The van der Waals surface area contributed by atoms with Crippen LogP contribution in [0, 0.1) is 0 Å². The van der Waals surface area contributed by atoms with Gasteiger partial charge in [-0.3, -0.25) is 0 Å². The van der Waals surface area contributed by atoms with E-state index in [-0.39, 0.29) is 0 Å². The third kappa shape index (κ3) is 2.57. The Morgan fingerprint density at radius 1 is 1.12 bits per heavy atom. The molecule has 0 spiro atoms. The highest BCUT2D eigenvalue weighted by Gasteiger charge is 2.19. The Bertz CT molecular complexity index is 388. The Hall–Kier alpha value is -0.770. The van der Waals surface area contributed by atoms with Crippen LogP contribution in [0.2, 0.25) is 0 Å². The average Bonchev–Trinajstić information content (AvgIpc) is 2.40. The molecule has 1 aromatic rings. The summed E-state index contributed by atoms with van der Waals surface area (Å²) in [5.74, 6) is 3.68. The predicted octanol–water partition coefficient (Wildman–Crippen LogP) is 2.66. The van der Waals surface area contributed by atoms with Crippen LogP contribution in [0.1, 0.15) is 36.9 Å². The SMILES string of the molecule is c1nc2c(c(NC3CCSCC3)n1)CCCC2. The Labute approximate surface area is 107 Å². The van der Waals surface area contributed by atoms with Crippen molar-refractivity contribution in [3.05, 3.63) is 17.6 Å². The molecule has 1 fully saturated rings. The Morgan fingerprint density at radius 2 is 1.94 bits per heavy atom. The van der Waals surface area contributed by atoms with Gasteiger partial charge in [-0.2, -0.15) is 11.8 Å². The van der Waals surface area contributed by atoms with E-state index in [0.29, 0.717) is 6.04 Å². The number of hydrogen-bond acceptors (Lipinski definition) is 4. The molecule has 0 saturated carbocycles. The van der Waals surface area contributed by atoms with Crippen LogP contribution in [-0.2, 0) is 12.8 Å². The summed E-state index contributed by atoms with van der Waals surface area (Å²) in [7, 11) is 0. The van der Waals surface area contributed by atoms with Crippen LogP contribution >= 0.6 is 11.8 Å². The fourth-order valence-electron chi connectivity index (χ4n) is 2.68. The summed E-state index contributed by atoms with van der Waals surface area (Å²) in [6, 6.07) is 0.622. The molecule has 2 heterocycles. The average molecular weight is 249 g/mol. The smallest absolute Gasteiger partial charge is 0.133 e. The molecule has 1 N–H and O–H groups in total. The minimum Gasteiger partial charge on any atom is -0.367 e. The van der Waals surface area contributed by atoms with Crippen molar-refractivity contribution in [1.82, 2.24) is 9.97 Å². The van der Waals surface area contributed by atoms with E-state index in [4.69, 9.17) is 0 Å². The van der Waals surface area contributed by atoms with E-state index in [0.717, 1.165) is 18.7 Å². The van der Waals surface area contributed by atoms with Gasteiger partial charge in [-0.15, -0.1) is 0 Å². The summed E-state index contributed by atoms with van der Waals surface area (Å²) in [4.78, 5) is 8.87. The van der Waals surface area contributed by atoms with Crippen LogP contribution in [-0.4, -0.2) is 27.5 Å². The Kier molecular flexibility index (Phi) is 3.50. The molecule has 4 heteroatoms. The van der Waals surface area contributed by atoms with E-state index >= 15 is 0 Å². The second-order valence-corrected chi connectivity index (χ2v) is 6.11. The fourth-order valence-corrected chi connectivity index (χ4v) is 3.79.